The summed E-state index contributed by atoms with van der Waals surface area (Å²) in [5.74, 6) is 2.95. The molecule has 1 aliphatic heterocycles. The van der Waals surface area contributed by atoms with E-state index < -0.39 is 19.8 Å². The van der Waals surface area contributed by atoms with Gasteiger partial charge in [-0.1, -0.05) is 25.1 Å². The first-order valence-corrected chi connectivity index (χ1v) is 18.1. The Morgan fingerprint density at radius 3 is 1.81 bits per heavy atom. The van der Waals surface area contributed by atoms with Crippen LogP contribution in [0.25, 0.3) is 56.6 Å². The van der Waals surface area contributed by atoms with Gasteiger partial charge in [-0.15, -0.1) is 0 Å². The summed E-state index contributed by atoms with van der Waals surface area (Å²) in [5.41, 5.74) is 4.31. The standard InChI is InChI=1S/C36H27IN4O2/c1-2-19-41-33-20-26(35-15-11-29(42-35)7-3-5-25(22-38)23-39)9-13-31(33)32-14-10-27(21-34(32)41)36-16-12-30(43-36)8-4-6-28(24-40)37-17-18-37/h3-16,20-21H,2,17-19H2,1H3/b7-3+,8-4+,28-6+. The van der Waals surface area contributed by atoms with E-state index in [1.165, 1.54) is 25.7 Å². The number of hydrogen-bond donors (Lipinski definition) is 0. The van der Waals surface area contributed by atoms with Crippen LogP contribution < -0.4 is 0 Å². The van der Waals surface area contributed by atoms with Crippen molar-refractivity contribution in [3.05, 3.63) is 106 Å². The summed E-state index contributed by atoms with van der Waals surface area (Å²) >= 11 is -1.06. The number of alkyl halides is 2. The average molecular weight is 675 g/mol. The van der Waals surface area contributed by atoms with Crippen molar-refractivity contribution in [2.75, 3.05) is 8.86 Å². The number of halogens is 1. The summed E-state index contributed by atoms with van der Waals surface area (Å²) in [5, 5.41) is 29.5. The summed E-state index contributed by atoms with van der Waals surface area (Å²) < 4.78 is 18.1. The molecule has 6 nitrogen and oxygen atoms in total. The van der Waals surface area contributed by atoms with E-state index in [2.05, 4.69) is 54.0 Å². The zero-order valence-electron chi connectivity index (χ0n) is 23.5. The van der Waals surface area contributed by atoms with Crippen LogP contribution in [0.5, 0.6) is 0 Å². The molecule has 1 fully saturated rings. The molecule has 0 atom stereocenters. The van der Waals surface area contributed by atoms with Gasteiger partial charge in [0.05, 0.1) is 0 Å². The van der Waals surface area contributed by atoms with Crippen molar-refractivity contribution in [2.24, 2.45) is 0 Å². The molecule has 4 heterocycles. The molecule has 210 valence electrons. The number of furan rings is 2. The van der Waals surface area contributed by atoms with E-state index in [1.807, 2.05) is 54.6 Å². The summed E-state index contributed by atoms with van der Waals surface area (Å²) in [7, 11) is 0. The third-order valence-corrected chi connectivity index (χ3v) is 11.6. The molecule has 3 aromatic heterocycles. The maximum atomic E-state index is 9.35. The quantitative estimate of drug-likeness (QED) is 0.0671. The van der Waals surface area contributed by atoms with E-state index >= 15 is 0 Å². The molecule has 43 heavy (non-hydrogen) atoms. The Hall–Kier alpha value is -5.04. The number of hydrogen-bond acceptors (Lipinski definition) is 5. The zero-order valence-corrected chi connectivity index (χ0v) is 25.7. The first-order chi connectivity index (χ1) is 21.1. The fraction of sp³-hybridized carbons (Fsp3) is 0.139. The molecule has 0 aliphatic carbocycles. The van der Waals surface area contributed by atoms with Crippen LogP contribution in [0.1, 0.15) is 24.9 Å². The Kier molecular flexibility index (Phi) is 8.13. The molecule has 2 aromatic carbocycles. The van der Waals surface area contributed by atoms with E-state index in [9.17, 15) is 5.26 Å². The molecule has 7 heteroatoms. The number of fused-ring (bicyclic) bond motifs is 3. The molecule has 0 bridgehead atoms. The Morgan fingerprint density at radius 2 is 1.33 bits per heavy atom. The first kappa shape index (κ1) is 28.1. The topological polar surface area (TPSA) is 103 Å². The van der Waals surface area contributed by atoms with Gasteiger partial charge >= 0.3 is 147 Å². The Labute approximate surface area is 257 Å². The second-order valence-electron chi connectivity index (χ2n) is 10.0. The molecular weight excluding hydrogens is 647 g/mol. The van der Waals surface area contributed by atoms with Gasteiger partial charge in [-0.2, -0.15) is 10.5 Å². The molecule has 0 unspecified atom stereocenters. The van der Waals surface area contributed by atoms with Crippen LogP contribution in [-0.4, -0.2) is 13.4 Å². The minimum atomic E-state index is -1.06. The zero-order chi connectivity index (χ0) is 29.8. The summed E-state index contributed by atoms with van der Waals surface area (Å²) in [4.78, 5) is 0. The number of benzene rings is 2. The SMILES string of the molecule is CCCn1c2cc(-c3ccc(/C=C/C=C(C#N)C#N)o3)ccc2c2ccc(-c3ccc(/C=C/C=C(\C#N)I4CC4)o3)cc21. The third kappa shape index (κ3) is 5.97. The van der Waals surface area contributed by atoms with Crippen LogP contribution in [0.3, 0.4) is 0 Å². The van der Waals surface area contributed by atoms with Gasteiger partial charge < -0.3 is 4.42 Å². The van der Waals surface area contributed by atoms with Crippen LogP contribution in [0.4, 0.5) is 0 Å². The number of rotatable bonds is 9. The second-order valence-corrected chi connectivity index (χ2v) is 15.9. The Balaban J connectivity index is 1.31. The van der Waals surface area contributed by atoms with E-state index in [1.54, 1.807) is 12.2 Å². The van der Waals surface area contributed by atoms with E-state index in [0.717, 1.165) is 56.0 Å². The van der Waals surface area contributed by atoms with E-state index in [4.69, 9.17) is 19.4 Å². The van der Waals surface area contributed by atoms with Crippen molar-refractivity contribution in [3.8, 4) is 40.9 Å². The molecular formula is C36H27IN4O2. The maximum absolute atomic E-state index is 9.35. The predicted molar refractivity (Wildman–Crippen MR) is 180 cm³/mol. The van der Waals surface area contributed by atoms with Gasteiger partial charge in [0.2, 0.25) is 0 Å². The van der Waals surface area contributed by atoms with Crippen LogP contribution >= 0.6 is 19.8 Å². The Bertz CT molecular complexity index is 2080. The van der Waals surface area contributed by atoms with Gasteiger partial charge in [0.25, 0.3) is 0 Å². The van der Waals surface area contributed by atoms with Gasteiger partial charge in [-0.25, -0.2) is 0 Å². The molecule has 0 amide bonds. The second kappa shape index (κ2) is 12.4. The van der Waals surface area contributed by atoms with Crippen molar-refractivity contribution in [1.82, 2.24) is 4.57 Å². The van der Waals surface area contributed by atoms with Gasteiger partial charge in [-0.3, -0.25) is 0 Å². The molecule has 0 saturated carbocycles. The third-order valence-electron chi connectivity index (χ3n) is 7.18. The van der Waals surface area contributed by atoms with Crippen LogP contribution in [0.2, 0.25) is 0 Å². The number of aromatic nitrogens is 1. The van der Waals surface area contributed by atoms with E-state index in [-0.39, 0.29) is 5.57 Å². The molecule has 1 saturated heterocycles. The van der Waals surface area contributed by atoms with Crippen LogP contribution in [0.15, 0.2) is 103 Å². The number of allylic oxidation sites excluding steroid dienone is 6. The average Bonchev–Trinajstić information content (AvgIpc) is 3.44. The normalized spacial score (nSPS) is 13.9. The van der Waals surface area contributed by atoms with Crippen molar-refractivity contribution in [2.45, 2.75) is 19.9 Å². The minimum absolute atomic E-state index is 0.0396. The van der Waals surface area contributed by atoms with E-state index in [0.29, 0.717) is 5.76 Å². The van der Waals surface area contributed by atoms with Crippen molar-refractivity contribution in [1.29, 1.82) is 15.8 Å². The van der Waals surface area contributed by atoms with Gasteiger partial charge in [0, 0.05) is 5.56 Å². The van der Waals surface area contributed by atoms with Gasteiger partial charge in [0.1, 0.15) is 29.2 Å². The van der Waals surface area contributed by atoms with Crippen molar-refractivity contribution < 1.29 is 8.83 Å². The number of aryl methyl sites for hydroxylation is 1. The summed E-state index contributed by atoms with van der Waals surface area (Å²) in [6, 6.07) is 26.7. The predicted octanol–water partition coefficient (Wildman–Crippen LogP) is 9.65. The molecule has 5 aromatic rings. The van der Waals surface area contributed by atoms with Crippen LogP contribution in [0, 0.1) is 34.0 Å². The summed E-state index contributed by atoms with van der Waals surface area (Å²) in [6.45, 7) is 3.05. The molecule has 0 radical (unpaired) electrons. The van der Waals surface area contributed by atoms with Crippen LogP contribution in [-0.2, 0) is 6.54 Å². The molecule has 0 spiro atoms. The van der Waals surface area contributed by atoms with Gasteiger partial charge in [0.15, 0.2) is 0 Å². The van der Waals surface area contributed by atoms with Gasteiger partial charge in [-0.05, 0) is 36.8 Å². The number of nitriles is 3. The molecule has 0 N–H and O–H groups in total. The monoisotopic (exact) mass is 674 g/mol. The fourth-order valence-electron chi connectivity index (χ4n) is 5.05. The fourth-order valence-corrected chi connectivity index (χ4v) is 8.84. The van der Waals surface area contributed by atoms with Crippen molar-refractivity contribution in [3.63, 3.8) is 0 Å². The molecule has 6 rings (SSSR count). The number of nitrogens with zero attached hydrogens (tertiary/aromatic N) is 4. The molecule has 1 aliphatic rings. The Morgan fingerprint density at radius 1 is 0.767 bits per heavy atom. The first-order valence-electron chi connectivity index (χ1n) is 14.0. The van der Waals surface area contributed by atoms with Crippen molar-refractivity contribution >= 4 is 53.8 Å². The summed E-state index contributed by atoms with van der Waals surface area (Å²) in [6.07, 6.45) is 11.7.